The minimum atomic E-state index is -0.932. The molecule has 1 aliphatic heterocycles. The minimum Gasteiger partial charge on any atom is -0.508 e. The number of benzene rings is 3. The Morgan fingerprint density at radius 2 is 1.87 bits per heavy atom. The first-order valence-corrected chi connectivity index (χ1v) is 12.2. The number of ether oxygens (including phenoxy) is 1. The molecule has 1 unspecified atom stereocenters. The second kappa shape index (κ2) is 8.92. The zero-order valence-electron chi connectivity index (χ0n) is 20.4. The van der Waals surface area contributed by atoms with E-state index in [1.807, 2.05) is 18.2 Å². The Labute approximate surface area is 216 Å². The Kier molecular flexibility index (Phi) is 5.52. The number of esters is 1. The molecule has 0 aliphatic carbocycles. The molecule has 6 rings (SSSR count). The predicted molar refractivity (Wildman–Crippen MR) is 142 cm³/mol. The van der Waals surface area contributed by atoms with E-state index in [2.05, 4.69) is 0 Å². The van der Waals surface area contributed by atoms with Crippen molar-refractivity contribution in [3.63, 3.8) is 0 Å². The number of rotatable bonds is 5. The molecule has 8 nitrogen and oxygen atoms in total. The molecule has 0 saturated heterocycles. The van der Waals surface area contributed by atoms with E-state index >= 15 is 0 Å². The molecular weight excluding hydrogens is 486 g/mol. The maximum atomic E-state index is 13.7. The molecule has 0 saturated carbocycles. The van der Waals surface area contributed by atoms with E-state index in [4.69, 9.17) is 9.15 Å². The van der Waals surface area contributed by atoms with Gasteiger partial charge in [0.2, 0.25) is 5.43 Å². The van der Waals surface area contributed by atoms with Gasteiger partial charge in [0, 0.05) is 23.6 Å². The third-order valence-corrected chi connectivity index (χ3v) is 7.29. The summed E-state index contributed by atoms with van der Waals surface area (Å²) in [5.41, 5.74) is 2.69. The van der Waals surface area contributed by atoms with Gasteiger partial charge in [0.1, 0.15) is 23.3 Å². The molecule has 190 valence electrons. The fourth-order valence-electron chi connectivity index (χ4n) is 5.45. The molecule has 8 heteroatoms. The number of hydrogen-bond acceptors (Lipinski definition) is 7. The average molecular weight is 510 g/mol. The van der Waals surface area contributed by atoms with Gasteiger partial charge in [-0.2, -0.15) is 0 Å². The van der Waals surface area contributed by atoms with Crippen LogP contribution in [0.15, 0.2) is 80.9 Å². The Morgan fingerprint density at radius 1 is 1.08 bits per heavy atom. The number of phenols is 2. The van der Waals surface area contributed by atoms with Crippen LogP contribution in [0.4, 0.5) is 0 Å². The van der Waals surface area contributed by atoms with E-state index in [0.717, 1.165) is 22.9 Å². The van der Waals surface area contributed by atoms with Crippen molar-refractivity contribution in [1.82, 2.24) is 4.57 Å². The van der Waals surface area contributed by atoms with E-state index in [1.54, 1.807) is 22.8 Å². The Bertz CT molecular complexity index is 1870. The molecule has 1 atom stereocenters. The molecule has 0 radical (unpaired) electrons. The summed E-state index contributed by atoms with van der Waals surface area (Å²) in [6, 6.07) is 16.5. The lowest BCUT2D eigenvalue weighted by molar-refractivity contribution is -0.140. The fourth-order valence-corrected chi connectivity index (χ4v) is 5.45. The number of carbonyl (C=O) groups excluding carboxylic acids is 1. The minimum absolute atomic E-state index is 0.0638. The predicted octanol–water partition coefficient (Wildman–Crippen LogP) is 4.44. The molecule has 5 aromatic rings. The maximum absolute atomic E-state index is 13.7. The summed E-state index contributed by atoms with van der Waals surface area (Å²) in [7, 11) is 1.26. The highest BCUT2D eigenvalue weighted by atomic mass is 16.5. The van der Waals surface area contributed by atoms with Gasteiger partial charge in [0.15, 0.2) is 0 Å². The van der Waals surface area contributed by atoms with Crippen molar-refractivity contribution in [3.05, 3.63) is 104 Å². The van der Waals surface area contributed by atoms with Crippen molar-refractivity contribution >= 4 is 27.8 Å². The summed E-state index contributed by atoms with van der Waals surface area (Å²) in [6.45, 7) is 0.514. The Balaban J connectivity index is 1.61. The quantitative estimate of drug-likeness (QED) is 0.336. The summed E-state index contributed by atoms with van der Waals surface area (Å²) < 4.78 is 12.6. The lowest BCUT2D eigenvalue weighted by Crippen LogP contribution is -2.26. The van der Waals surface area contributed by atoms with Crippen LogP contribution in [-0.2, 0) is 22.5 Å². The zero-order chi connectivity index (χ0) is 26.6. The molecule has 38 heavy (non-hydrogen) atoms. The number of methoxy groups -OCH3 is 1. The summed E-state index contributed by atoms with van der Waals surface area (Å²) >= 11 is 0. The van der Waals surface area contributed by atoms with Crippen molar-refractivity contribution in [3.8, 4) is 22.6 Å². The third kappa shape index (κ3) is 3.64. The van der Waals surface area contributed by atoms with Crippen LogP contribution in [0, 0.1) is 0 Å². The number of aromatic nitrogens is 1. The van der Waals surface area contributed by atoms with Gasteiger partial charge in [-0.05, 0) is 53.3 Å². The molecular formula is C30H23NO7. The summed E-state index contributed by atoms with van der Waals surface area (Å²) in [4.78, 5) is 39.8. The zero-order valence-corrected chi connectivity index (χ0v) is 20.4. The van der Waals surface area contributed by atoms with E-state index in [9.17, 15) is 24.6 Å². The number of aryl methyl sites for hydroxylation is 2. The second-order valence-electron chi connectivity index (χ2n) is 9.39. The number of aromatic hydroxyl groups is 2. The van der Waals surface area contributed by atoms with Crippen LogP contribution in [0.3, 0.4) is 0 Å². The van der Waals surface area contributed by atoms with Crippen LogP contribution < -0.4 is 11.0 Å². The lowest BCUT2D eigenvalue weighted by atomic mass is 9.86. The van der Waals surface area contributed by atoms with Crippen molar-refractivity contribution in [2.24, 2.45) is 0 Å². The van der Waals surface area contributed by atoms with Crippen molar-refractivity contribution < 1.29 is 24.2 Å². The fraction of sp³-hybridized carbons (Fsp3) is 0.167. The summed E-state index contributed by atoms with van der Waals surface area (Å²) in [5, 5.41) is 21.7. The van der Waals surface area contributed by atoms with Crippen LogP contribution in [-0.4, -0.2) is 27.9 Å². The van der Waals surface area contributed by atoms with Crippen LogP contribution in [0.2, 0.25) is 0 Å². The molecule has 3 aromatic carbocycles. The van der Waals surface area contributed by atoms with Crippen LogP contribution in [0.5, 0.6) is 11.5 Å². The van der Waals surface area contributed by atoms with Gasteiger partial charge in [-0.25, -0.2) is 0 Å². The van der Waals surface area contributed by atoms with Gasteiger partial charge in [-0.15, -0.1) is 0 Å². The molecule has 2 aromatic heterocycles. The van der Waals surface area contributed by atoms with Crippen molar-refractivity contribution in [2.45, 2.75) is 25.3 Å². The van der Waals surface area contributed by atoms with Gasteiger partial charge in [-0.1, -0.05) is 30.3 Å². The normalized spacial score (nSPS) is 13.2. The molecule has 1 aliphatic rings. The summed E-state index contributed by atoms with van der Waals surface area (Å²) in [5.74, 6) is -1.65. The van der Waals surface area contributed by atoms with Crippen molar-refractivity contribution in [2.75, 3.05) is 7.11 Å². The number of nitrogens with zero attached hydrogens (tertiary/aromatic N) is 1. The lowest BCUT2D eigenvalue weighted by Gasteiger charge is -2.20. The molecule has 0 bridgehead atoms. The van der Waals surface area contributed by atoms with Gasteiger partial charge >= 0.3 is 5.97 Å². The van der Waals surface area contributed by atoms with Gasteiger partial charge < -0.3 is 23.9 Å². The first-order valence-electron chi connectivity index (χ1n) is 12.2. The highest BCUT2D eigenvalue weighted by Gasteiger charge is 2.30. The molecule has 3 heterocycles. The van der Waals surface area contributed by atoms with Gasteiger partial charge in [-0.3, -0.25) is 14.4 Å². The topological polar surface area (TPSA) is 119 Å². The highest BCUT2D eigenvalue weighted by molar-refractivity contribution is 5.89. The SMILES string of the molecule is COC(=O)CC(c1cc2cccc3c2n(c1=O)CC3)c1c(O)ccc2c(=O)c(-c3ccc(O)cc3)coc12. The molecule has 0 spiro atoms. The monoisotopic (exact) mass is 509 g/mol. The van der Waals surface area contributed by atoms with Gasteiger partial charge in [0.05, 0.1) is 30.0 Å². The summed E-state index contributed by atoms with van der Waals surface area (Å²) in [6.07, 6.45) is 1.77. The second-order valence-corrected chi connectivity index (χ2v) is 9.39. The van der Waals surface area contributed by atoms with Gasteiger partial charge in [0.25, 0.3) is 5.56 Å². The average Bonchev–Trinajstić information content (AvgIpc) is 3.36. The van der Waals surface area contributed by atoms with E-state index in [0.29, 0.717) is 17.7 Å². The van der Waals surface area contributed by atoms with Crippen molar-refractivity contribution in [1.29, 1.82) is 0 Å². The number of hydrogen-bond donors (Lipinski definition) is 2. The third-order valence-electron chi connectivity index (χ3n) is 7.29. The first-order chi connectivity index (χ1) is 18.4. The van der Waals surface area contributed by atoms with Crippen LogP contribution >= 0.6 is 0 Å². The van der Waals surface area contributed by atoms with E-state index in [-0.39, 0.29) is 51.0 Å². The molecule has 0 fully saturated rings. The van der Waals surface area contributed by atoms with Crippen LogP contribution in [0.1, 0.15) is 29.0 Å². The van der Waals surface area contributed by atoms with E-state index < -0.39 is 11.9 Å². The maximum Gasteiger partial charge on any atom is 0.306 e. The Morgan fingerprint density at radius 3 is 2.63 bits per heavy atom. The number of fused-ring (bicyclic) bond motifs is 1. The number of pyridine rings is 1. The smallest absolute Gasteiger partial charge is 0.306 e. The Hall–Kier alpha value is -4.85. The number of phenolic OH excluding ortho intramolecular Hbond substituents is 2. The first kappa shape index (κ1) is 23.5. The molecule has 2 N–H and O–H groups in total. The highest BCUT2D eigenvalue weighted by Crippen LogP contribution is 2.39. The largest absolute Gasteiger partial charge is 0.508 e. The van der Waals surface area contributed by atoms with E-state index in [1.165, 1.54) is 37.6 Å². The number of para-hydroxylation sites is 1. The molecule has 0 amide bonds. The number of carbonyl (C=O) groups is 1. The van der Waals surface area contributed by atoms with Crippen LogP contribution in [0.25, 0.3) is 33.0 Å². The standard InChI is InChI=1S/C30H23NO7/c1-37-25(34)14-21(22-13-18-4-2-3-17-11-12-31(27(17)18)30(22)36)26-24(33)10-9-20-28(35)23(15-38-29(20)26)16-5-7-19(32)8-6-16/h2-10,13,15,21,32-33H,11-12,14H2,1H3.